The van der Waals surface area contributed by atoms with E-state index in [0.717, 1.165) is 25.9 Å². The van der Waals surface area contributed by atoms with Gasteiger partial charge in [0.15, 0.2) is 0 Å². The highest BCUT2D eigenvalue weighted by atomic mass is 32.1. The first kappa shape index (κ1) is 16.4. The Balaban J connectivity index is 1.52. The van der Waals surface area contributed by atoms with Gasteiger partial charge in [0, 0.05) is 44.5 Å². The molecule has 0 unspecified atom stereocenters. The second kappa shape index (κ2) is 6.94. The standard InChI is InChI=1S/C15H22N4O3S/c1-10(20)18-4-2-11(3-5-18)19-6-12(14(21)7-19)17-15(22)13-8-23-9-16-13/h8-9,11-12,14,21H,2-7H2,1H3,(H,17,22)/t12-,14-/m1/s1. The van der Waals surface area contributed by atoms with Crippen LogP contribution >= 0.6 is 11.3 Å². The summed E-state index contributed by atoms with van der Waals surface area (Å²) in [6.07, 6.45) is 1.27. The number of hydrogen-bond donors (Lipinski definition) is 2. The first-order valence-electron chi connectivity index (χ1n) is 7.91. The number of nitrogens with zero attached hydrogens (tertiary/aromatic N) is 3. The van der Waals surface area contributed by atoms with Crippen LogP contribution in [-0.2, 0) is 4.79 Å². The molecule has 2 atom stereocenters. The fourth-order valence-corrected chi connectivity index (χ4v) is 3.90. The van der Waals surface area contributed by atoms with Gasteiger partial charge >= 0.3 is 0 Å². The molecule has 0 radical (unpaired) electrons. The van der Waals surface area contributed by atoms with Crippen molar-refractivity contribution in [3.05, 3.63) is 16.6 Å². The van der Waals surface area contributed by atoms with Gasteiger partial charge in [0.05, 0.1) is 17.7 Å². The minimum atomic E-state index is -0.566. The highest BCUT2D eigenvalue weighted by Crippen LogP contribution is 2.22. The first-order valence-corrected chi connectivity index (χ1v) is 8.85. The van der Waals surface area contributed by atoms with Crippen molar-refractivity contribution in [1.29, 1.82) is 0 Å². The molecule has 0 aliphatic carbocycles. The number of thiazole rings is 1. The number of amides is 2. The molecule has 126 valence electrons. The summed E-state index contributed by atoms with van der Waals surface area (Å²) in [5, 5.41) is 14.8. The molecule has 2 aliphatic rings. The minimum absolute atomic E-state index is 0.123. The molecule has 0 spiro atoms. The van der Waals surface area contributed by atoms with E-state index in [1.165, 1.54) is 11.3 Å². The molecular formula is C15H22N4O3S. The molecule has 7 nitrogen and oxygen atoms in total. The van der Waals surface area contributed by atoms with Gasteiger partial charge in [-0.25, -0.2) is 4.98 Å². The maximum absolute atomic E-state index is 12.1. The van der Waals surface area contributed by atoms with Gasteiger partial charge in [-0.15, -0.1) is 11.3 Å². The highest BCUT2D eigenvalue weighted by molar-refractivity contribution is 7.07. The summed E-state index contributed by atoms with van der Waals surface area (Å²) in [7, 11) is 0. The van der Waals surface area contributed by atoms with Crippen molar-refractivity contribution >= 4 is 23.2 Å². The van der Waals surface area contributed by atoms with Crippen LogP contribution in [0.3, 0.4) is 0 Å². The summed E-state index contributed by atoms with van der Waals surface area (Å²) in [6.45, 7) is 4.34. The summed E-state index contributed by atoms with van der Waals surface area (Å²) < 4.78 is 0. The van der Waals surface area contributed by atoms with E-state index in [0.29, 0.717) is 24.8 Å². The molecule has 3 rings (SSSR count). The van der Waals surface area contributed by atoms with Crippen LogP contribution < -0.4 is 5.32 Å². The third kappa shape index (κ3) is 3.70. The number of nitrogens with one attached hydrogen (secondary N) is 1. The van der Waals surface area contributed by atoms with Crippen LogP contribution in [0, 0.1) is 0 Å². The number of aliphatic hydroxyl groups excluding tert-OH is 1. The van der Waals surface area contributed by atoms with Gasteiger partial charge in [-0.2, -0.15) is 0 Å². The molecule has 1 aromatic heterocycles. The van der Waals surface area contributed by atoms with E-state index in [1.54, 1.807) is 17.8 Å². The summed E-state index contributed by atoms with van der Waals surface area (Å²) in [5.41, 5.74) is 2.02. The number of aliphatic hydroxyl groups is 1. The molecule has 0 saturated carbocycles. The summed E-state index contributed by atoms with van der Waals surface area (Å²) >= 11 is 1.38. The SMILES string of the molecule is CC(=O)N1CCC(N2C[C@@H](O)[C@H](NC(=O)c3cscn3)C2)CC1. The van der Waals surface area contributed by atoms with Crippen molar-refractivity contribution in [2.45, 2.75) is 38.0 Å². The Morgan fingerprint density at radius 3 is 2.70 bits per heavy atom. The Bertz CT molecular complexity index is 557. The van der Waals surface area contributed by atoms with Crippen LogP contribution in [0.25, 0.3) is 0 Å². The molecule has 2 aliphatic heterocycles. The Labute approximate surface area is 139 Å². The molecule has 0 bridgehead atoms. The van der Waals surface area contributed by atoms with E-state index in [4.69, 9.17) is 0 Å². The van der Waals surface area contributed by atoms with E-state index in [-0.39, 0.29) is 17.9 Å². The zero-order valence-corrected chi connectivity index (χ0v) is 14.0. The largest absolute Gasteiger partial charge is 0.390 e. The van der Waals surface area contributed by atoms with Crippen LogP contribution in [0.4, 0.5) is 0 Å². The Kier molecular flexibility index (Phi) is 4.93. The van der Waals surface area contributed by atoms with Crippen molar-refractivity contribution in [2.24, 2.45) is 0 Å². The maximum Gasteiger partial charge on any atom is 0.271 e. The smallest absolute Gasteiger partial charge is 0.271 e. The zero-order valence-electron chi connectivity index (χ0n) is 13.1. The lowest BCUT2D eigenvalue weighted by Gasteiger charge is -2.36. The number of piperidine rings is 1. The Hall–Kier alpha value is -1.51. The van der Waals surface area contributed by atoms with Crippen molar-refractivity contribution in [3.8, 4) is 0 Å². The number of carbonyl (C=O) groups is 2. The van der Waals surface area contributed by atoms with Crippen LogP contribution in [0.15, 0.2) is 10.9 Å². The van der Waals surface area contributed by atoms with Crippen molar-refractivity contribution < 1.29 is 14.7 Å². The molecule has 2 amide bonds. The number of hydrogen-bond acceptors (Lipinski definition) is 6. The highest BCUT2D eigenvalue weighted by Gasteiger charge is 2.37. The second-order valence-corrected chi connectivity index (χ2v) is 6.93. The number of rotatable bonds is 3. The fourth-order valence-electron chi connectivity index (χ4n) is 3.37. The second-order valence-electron chi connectivity index (χ2n) is 6.21. The van der Waals surface area contributed by atoms with E-state index in [1.807, 2.05) is 4.90 Å². The first-order chi connectivity index (χ1) is 11.0. The quantitative estimate of drug-likeness (QED) is 0.806. The molecule has 2 saturated heterocycles. The predicted octanol–water partition coefficient (Wildman–Crippen LogP) is -0.0711. The third-order valence-corrected chi connectivity index (χ3v) is 5.31. The summed E-state index contributed by atoms with van der Waals surface area (Å²) in [5.74, 6) is -0.109. The minimum Gasteiger partial charge on any atom is -0.390 e. The topological polar surface area (TPSA) is 85.8 Å². The molecule has 3 heterocycles. The molecule has 0 aromatic carbocycles. The summed E-state index contributed by atoms with van der Waals surface area (Å²) in [4.78, 5) is 31.5. The average Bonchev–Trinajstić information content (AvgIpc) is 3.18. The number of likely N-dealkylation sites (tertiary alicyclic amines) is 2. The normalized spacial score (nSPS) is 26.4. The van der Waals surface area contributed by atoms with E-state index >= 15 is 0 Å². The van der Waals surface area contributed by atoms with Gasteiger partial charge in [-0.1, -0.05) is 0 Å². The Morgan fingerprint density at radius 2 is 2.09 bits per heavy atom. The predicted molar refractivity (Wildman–Crippen MR) is 86.2 cm³/mol. The van der Waals surface area contributed by atoms with Gasteiger partial charge in [-0.3, -0.25) is 14.5 Å². The van der Waals surface area contributed by atoms with Crippen molar-refractivity contribution in [2.75, 3.05) is 26.2 Å². The van der Waals surface area contributed by atoms with Crippen LogP contribution in [0.1, 0.15) is 30.3 Å². The van der Waals surface area contributed by atoms with Gasteiger partial charge in [0.2, 0.25) is 5.91 Å². The molecule has 8 heteroatoms. The van der Waals surface area contributed by atoms with E-state index in [9.17, 15) is 14.7 Å². The lowest BCUT2D eigenvalue weighted by molar-refractivity contribution is -0.130. The monoisotopic (exact) mass is 338 g/mol. The van der Waals surface area contributed by atoms with E-state index < -0.39 is 6.10 Å². The average molecular weight is 338 g/mol. The lowest BCUT2D eigenvalue weighted by Crippen LogP contribution is -2.46. The van der Waals surface area contributed by atoms with Crippen molar-refractivity contribution in [3.63, 3.8) is 0 Å². The zero-order chi connectivity index (χ0) is 16.4. The van der Waals surface area contributed by atoms with Crippen LogP contribution in [-0.4, -0.2) is 76.1 Å². The van der Waals surface area contributed by atoms with Crippen LogP contribution in [0.5, 0.6) is 0 Å². The van der Waals surface area contributed by atoms with E-state index in [2.05, 4.69) is 15.2 Å². The number of carbonyl (C=O) groups excluding carboxylic acids is 2. The fraction of sp³-hybridized carbons (Fsp3) is 0.667. The molecule has 23 heavy (non-hydrogen) atoms. The number of aromatic nitrogens is 1. The summed E-state index contributed by atoms with van der Waals surface area (Å²) in [6, 6.07) is 0.0939. The van der Waals surface area contributed by atoms with Crippen LogP contribution in [0.2, 0.25) is 0 Å². The Morgan fingerprint density at radius 1 is 1.35 bits per heavy atom. The lowest BCUT2D eigenvalue weighted by atomic mass is 10.0. The maximum atomic E-state index is 12.1. The van der Waals surface area contributed by atoms with Gasteiger partial charge in [0.25, 0.3) is 5.91 Å². The molecule has 2 N–H and O–H groups in total. The molecular weight excluding hydrogens is 316 g/mol. The molecule has 1 aromatic rings. The third-order valence-electron chi connectivity index (χ3n) is 4.72. The number of β-amino-alcohol motifs (C(OH)–C–C–N with tert-alkyl or cyclic N) is 1. The van der Waals surface area contributed by atoms with Gasteiger partial charge in [-0.05, 0) is 12.8 Å². The van der Waals surface area contributed by atoms with Gasteiger partial charge in [0.1, 0.15) is 5.69 Å². The van der Waals surface area contributed by atoms with Crippen molar-refractivity contribution in [1.82, 2.24) is 20.1 Å². The van der Waals surface area contributed by atoms with Gasteiger partial charge < -0.3 is 15.3 Å². The molecule has 2 fully saturated rings.